The Kier molecular flexibility index (Phi) is 5.65. The molecule has 2 unspecified atom stereocenters. The van der Waals surface area contributed by atoms with Gasteiger partial charge in [0.2, 0.25) is 0 Å². The molecule has 2 aromatic carbocycles. The standard InChI is InChI=1S/C22H29N3O/c26-22(21-15-18-11-13-24(21)14-12-18)25(17-20-9-5-2-6-10-20)23-16-19-7-3-1-4-8-19/h1-10,18,21-23,26H,11-17H2. The summed E-state index contributed by atoms with van der Waals surface area (Å²) >= 11 is 0. The molecule has 138 valence electrons. The summed E-state index contributed by atoms with van der Waals surface area (Å²) in [7, 11) is 0. The highest BCUT2D eigenvalue weighted by atomic mass is 16.3. The lowest BCUT2D eigenvalue weighted by Crippen LogP contribution is -2.60. The smallest absolute Gasteiger partial charge is 0.135 e. The predicted octanol–water partition coefficient (Wildman–Crippen LogP) is 3.00. The van der Waals surface area contributed by atoms with Crippen LogP contribution in [0.1, 0.15) is 30.4 Å². The number of hydrogen-bond acceptors (Lipinski definition) is 4. The van der Waals surface area contributed by atoms with E-state index >= 15 is 0 Å². The number of benzene rings is 2. The fourth-order valence-electron chi connectivity index (χ4n) is 4.34. The van der Waals surface area contributed by atoms with Gasteiger partial charge < -0.3 is 5.11 Å². The summed E-state index contributed by atoms with van der Waals surface area (Å²) < 4.78 is 0. The third kappa shape index (κ3) is 4.15. The fourth-order valence-corrected chi connectivity index (χ4v) is 4.34. The molecule has 2 bridgehead atoms. The number of hydrazine groups is 1. The summed E-state index contributed by atoms with van der Waals surface area (Å²) in [5.41, 5.74) is 5.93. The van der Waals surface area contributed by atoms with E-state index in [0.717, 1.165) is 32.0 Å². The molecule has 4 heteroatoms. The summed E-state index contributed by atoms with van der Waals surface area (Å²) in [6.45, 7) is 3.68. The zero-order valence-electron chi connectivity index (χ0n) is 15.3. The largest absolute Gasteiger partial charge is 0.375 e. The third-order valence-electron chi connectivity index (χ3n) is 5.88. The molecule has 0 saturated carbocycles. The maximum absolute atomic E-state index is 11.2. The summed E-state index contributed by atoms with van der Waals surface area (Å²) in [6.07, 6.45) is 3.19. The van der Waals surface area contributed by atoms with Gasteiger partial charge in [-0.2, -0.15) is 0 Å². The highest BCUT2D eigenvalue weighted by Crippen LogP contribution is 2.34. The van der Waals surface area contributed by atoms with Crippen LogP contribution in [0.3, 0.4) is 0 Å². The molecule has 3 heterocycles. The first-order valence-corrected chi connectivity index (χ1v) is 9.80. The van der Waals surface area contributed by atoms with Crippen molar-refractivity contribution in [1.29, 1.82) is 0 Å². The molecule has 26 heavy (non-hydrogen) atoms. The van der Waals surface area contributed by atoms with E-state index in [-0.39, 0.29) is 6.04 Å². The Morgan fingerprint density at radius 1 is 0.962 bits per heavy atom. The Morgan fingerprint density at radius 3 is 2.15 bits per heavy atom. The van der Waals surface area contributed by atoms with Crippen molar-refractivity contribution in [1.82, 2.24) is 15.3 Å². The fraction of sp³-hybridized carbons (Fsp3) is 0.455. The number of aliphatic hydroxyl groups excluding tert-OH is 1. The molecule has 2 aromatic rings. The molecule has 0 aliphatic carbocycles. The SMILES string of the molecule is OC(C1CC2CCN1CC2)N(Cc1ccccc1)NCc1ccccc1. The molecular weight excluding hydrogens is 322 g/mol. The van der Waals surface area contributed by atoms with Crippen molar-refractivity contribution in [2.45, 2.75) is 44.6 Å². The molecular formula is C22H29N3O. The van der Waals surface area contributed by atoms with Crippen LogP contribution in [-0.2, 0) is 13.1 Å². The number of piperidine rings is 3. The molecule has 3 aliphatic rings. The predicted molar refractivity (Wildman–Crippen MR) is 104 cm³/mol. The van der Waals surface area contributed by atoms with E-state index in [0.29, 0.717) is 6.54 Å². The lowest BCUT2D eigenvalue weighted by atomic mass is 9.82. The van der Waals surface area contributed by atoms with Crippen molar-refractivity contribution < 1.29 is 5.11 Å². The second kappa shape index (κ2) is 8.31. The molecule has 4 nitrogen and oxygen atoms in total. The second-order valence-electron chi connectivity index (χ2n) is 7.63. The van der Waals surface area contributed by atoms with E-state index in [1.807, 2.05) is 17.1 Å². The van der Waals surface area contributed by atoms with Gasteiger partial charge in [-0.1, -0.05) is 60.7 Å². The summed E-state index contributed by atoms with van der Waals surface area (Å²) in [5, 5.41) is 13.3. The van der Waals surface area contributed by atoms with Crippen LogP contribution < -0.4 is 5.43 Å². The number of fused-ring (bicyclic) bond motifs is 3. The van der Waals surface area contributed by atoms with Crippen molar-refractivity contribution in [2.75, 3.05) is 13.1 Å². The van der Waals surface area contributed by atoms with Crippen LogP contribution >= 0.6 is 0 Å². The van der Waals surface area contributed by atoms with Gasteiger partial charge in [-0.05, 0) is 49.4 Å². The van der Waals surface area contributed by atoms with Crippen molar-refractivity contribution >= 4 is 0 Å². The number of nitrogens with zero attached hydrogens (tertiary/aromatic N) is 2. The first-order chi connectivity index (χ1) is 12.8. The zero-order valence-corrected chi connectivity index (χ0v) is 15.3. The lowest BCUT2D eigenvalue weighted by molar-refractivity contribution is -0.122. The van der Waals surface area contributed by atoms with Crippen molar-refractivity contribution in [2.24, 2.45) is 5.92 Å². The van der Waals surface area contributed by atoms with Gasteiger partial charge in [-0.25, -0.2) is 10.4 Å². The minimum atomic E-state index is -0.498. The van der Waals surface area contributed by atoms with Gasteiger partial charge in [-0.3, -0.25) is 4.90 Å². The Balaban J connectivity index is 1.47. The quantitative estimate of drug-likeness (QED) is 0.594. The lowest BCUT2D eigenvalue weighted by Gasteiger charge is -2.49. The van der Waals surface area contributed by atoms with Gasteiger partial charge in [-0.15, -0.1) is 0 Å². The molecule has 0 aromatic heterocycles. The van der Waals surface area contributed by atoms with Gasteiger partial charge >= 0.3 is 0 Å². The molecule has 2 N–H and O–H groups in total. The van der Waals surface area contributed by atoms with Gasteiger partial charge in [0.05, 0.1) is 6.04 Å². The maximum Gasteiger partial charge on any atom is 0.135 e. The molecule has 2 atom stereocenters. The van der Waals surface area contributed by atoms with Crippen molar-refractivity contribution in [3.63, 3.8) is 0 Å². The molecule has 0 amide bonds. The number of hydrogen-bond donors (Lipinski definition) is 2. The van der Waals surface area contributed by atoms with Crippen LogP contribution in [0.2, 0.25) is 0 Å². The van der Waals surface area contributed by atoms with Crippen LogP contribution in [0.25, 0.3) is 0 Å². The van der Waals surface area contributed by atoms with Gasteiger partial charge in [0.1, 0.15) is 6.23 Å². The van der Waals surface area contributed by atoms with Crippen LogP contribution in [-0.4, -0.2) is 40.4 Å². The number of rotatable bonds is 7. The molecule has 0 spiro atoms. The summed E-state index contributed by atoms with van der Waals surface area (Å²) in [4.78, 5) is 2.48. The van der Waals surface area contributed by atoms with Crippen molar-refractivity contribution in [3.8, 4) is 0 Å². The Bertz CT molecular complexity index is 670. The topological polar surface area (TPSA) is 38.7 Å². The van der Waals surface area contributed by atoms with Gasteiger partial charge in [0.15, 0.2) is 0 Å². The van der Waals surface area contributed by atoms with E-state index in [4.69, 9.17) is 0 Å². The van der Waals surface area contributed by atoms with E-state index in [1.54, 1.807) is 0 Å². The summed E-state index contributed by atoms with van der Waals surface area (Å²) in [5.74, 6) is 0.785. The molecule has 5 rings (SSSR count). The van der Waals surface area contributed by atoms with Gasteiger partial charge in [0.25, 0.3) is 0 Å². The first-order valence-electron chi connectivity index (χ1n) is 9.80. The van der Waals surface area contributed by atoms with E-state index in [9.17, 15) is 5.11 Å². The summed E-state index contributed by atoms with van der Waals surface area (Å²) in [6, 6.07) is 21.0. The first kappa shape index (κ1) is 17.7. The molecule has 3 aliphatic heterocycles. The molecule has 3 fully saturated rings. The maximum atomic E-state index is 11.2. The highest BCUT2D eigenvalue weighted by Gasteiger charge is 2.39. The third-order valence-corrected chi connectivity index (χ3v) is 5.88. The Morgan fingerprint density at radius 2 is 1.58 bits per heavy atom. The highest BCUT2D eigenvalue weighted by molar-refractivity contribution is 5.16. The molecule has 0 radical (unpaired) electrons. The van der Waals surface area contributed by atoms with Crippen LogP contribution in [0, 0.1) is 5.92 Å². The second-order valence-corrected chi connectivity index (χ2v) is 7.63. The minimum Gasteiger partial charge on any atom is -0.375 e. The van der Waals surface area contributed by atoms with Crippen LogP contribution in [0.4, 0.5) is 0 Å². The van der Waals surface area contributed by atoms with E-state index < -0.39 is 6.23 Å². The van der Waals surface area contributed by atoms with Crippen LogP contribution in [0.5, 0.6) is 0 Å². The van der Waals surface area contributed by atoms with Gasteiger partial charge in [0, 0.05) is 13.1 Å². The normalized spacial score (nSPS) is 26.2. The number of nitrogens with one attached hydrogen (secondary N) is 1. The average Bonchev–Trinajstić information content (AvgIpc) is 2.73. The monoisotopic (exact) mass is 351 g/mol. The van der Waals surface area contributed by atoms with Crippen LogP contribution in [0.15, 0.2) is 60.7 Å². The average molecular weight is 351 g/mol. The molecule has 3 saturated heterocycles. The Labute approximate surface area is 156 Å². The zero-order chi connectivity index (χ0) is 17.8. The minimum absolute atomic E-state index is 0.231. The van der Waals surface area contributed by atoms with E-state index in [1.165, 1.54) is 24.0 Å². The number of aliphatic hydroxyl groups is 1. The van der Waals surface area contributed by atoms with Crippen molar-refractivity contribution in [3.05, 3.63) is 71.8 Å². The van der Waals surface area contributed by atoms with E-state index in [2.05, 4.69) is 58.9 Å². The Hall–Kier alpha value is -1.72.